The van der Waals surface area contributed by atoms with Crippen molar-refractivity contribution >= 4 is 29.3 Å². The highest BCUT2D eigenvalue weighted by atomic mass is 19.3. The Hall–Kier alpha value is -4.19. The van der Waals surface area contributed by atoms with Crippen molar-refractivity contribution in [2.24, 2.45) is 5.10 Å². The molecule has 2 aliphatic rings. The van der Waals surface area contributed by atoms with E-state index in [2.05, 4.69) is 21.2 Å². The van der Waals surface area contributed by atoms with Gasteiger partial charge in [-0.25, -0.2) is 14.2 Å². The standard InChI is InChI=1S/C28H31F2N5O5/c1-17-7-5-6-10-19(17)15-31-26(39)22-14-28(29,30)16-35(22)27(40)24(37)21(13-18-8-3-2-4-9-18)32-25(38)20-11-12-23(36)34-33-20/h2-10,21-22,24,37H,11-16H2,1H3,(H,31,39)(H,32,38)(H,34,36). The second kappa shape index (κ2) is 12.3. The van der Waals surface area contributed by atoms with Crippen molar-refractivity contribution in [3.63, 3.8) is 0 Å². The molecule has 0 spiro atoms. The molecule has 3 atom stereocenters. The van der Waals surface area contributed by atoms with E-state index in [-0.39, 0.29) is 37.4 Å². The third-order valence-corrected chi connectivity index (χ3v) is 6.99. The Bertz CT molecular complexity index is 1300. The topological polar surface area (TPSA) is 140 Å². The van der Waals surface area contributed by atoms with Crippen molar-refractivity contribution in [2.45, 2.75) is 63.3 Å². The van der Waals surface area contributed by atoms with Gasteiger partial charge in [0.2, 0.25) is 11.8 Å². The lowest BCUT2D eigenvalue weighted by molar-refractivity contribution is -0.147. The second-order valence-electron chi connectivity index (χ2n) is 9.99. The van der Waals surface area contributed by atoms with E-state index in [9.17, 15) is 33.1 Å². The molecule has 0 bridgehead atoms. The van der Waals surface area contributed by atoms with Crippen molar-refractivity contribution in [3.8, 4) is 0 Å². The molecule has 1 saturated heterocycles. The molecule has 10 nitrogen and oxygen atoms in total. The first-order valence-corrected chi connectivity index (χ1v) is 12.9. The molecular formula is C28H31F2N5O5. The van der Waals surface area contributed by atoms with Gasteiger partial charge in [0.25, 0.3) is 17.7 Å². The number of halogens is 2. The molecule has 4 amide bonds. The van der Waals surface area contributed by atoms with E-state index < -0.39 is 54.8 Å². The molecule has 4 N–H and O–H groups in total. The van der Waals surface area contributed by atoms with Crippen molar-refractivity contribution in [1.82, 2.24) is 21.0 Å². The van der Waals surface area contributed by atoms with Crippen LogP contribution in [0, 0.1) is 6.92 Å². The van der Waals surface area contributed by atoms with Gasteiger partial charge in [0.15, 0.2) is 6.10 Å². The van der Waals surface area contributed by atoms with Gasteiger partial charge in [-0.15, -0.1) is 0 Å². The Morgan fingerprint density at radius 2 is 1.82 bits per heavy atom. The lowest BCUT2D eigenvalue weighted by Crippen LogP contribution is -2.56. The van der Waals surface area contributed by atoms with Crippen LogP contribution in [-0.2, 0) is 32.1 Å². The number of aliphatic hydroxyl groups is 1. The minimum Gasteiger partial charge on any atom is -0.381 e. The summed E-state index contributed by atoms with van der Waals surface area (Å²) in [5, 5.41) is 20.0. The Morgan fingerprint density at radius 1 is 1.12 bits per heavy atom. The molecule has 2 aliphatic heterocycles. The molecular weight excluding hydrogens is 524 g/mol. The van der Waals surface area contributed by atoms with Gasteiger partial charge in [-0.2, -0.15) is 5.10 Å². The Labute approximate surface area is 229 Å². The van der Waals surface area contributed by atoms with E-state index in [0.717, 1.165) is 11.1 Å². The normalized spacial score (nSPS) is 19.7. The van der Waals surface area contributed by atoms with Gasteiger partial charge >= 0.3 is 0 Å². The van der Waals surface area contributed by atoms with Crippen molar-refractivity contribution in [3.05, 3.63) is 71.3 Å². The van der Waals surface area contributed by atoms with Crippen LogP contribution >= 0.6 is 0 Å². The maximum absolute atomic E-state index is 14.5. The smallest absolute Gasteiger partial charge is 0.267 e. The molecule has 0 aromatic heterocycles. The lowest BCUT2D eigenvalue weighted by Gasteiger charge is -2.30. The van der Waals surface area contributed by atoms with Crippen LogP contribution in [0.25, 0.3) is 0 Å². The van der Waals surface area contributed by atoms with Crippen molar-refractivity contribution in [2.75, 3.05) is 6.54 Å². The maximum atomic E-state index is 14.5. The number of nitrogens with zero attached hydrogens (tertiary/aromatic N) is 2. The van der Waals surface area contributed by atoms with Crippen LogP contribution in [-0.4, -0.2) is 70.0 Å². The summed E-state index contributed by atoms with van der Waals surface area (Å²) in [4.78, 5) is 51.4. The van der Waals surface area contributed by atoms with Crippen LogP contribution in [0.3, 0.4) is 0 Å². The number of hydrazone groups is 1. The van der Waals surface area contributed by atoms with Crippen molar-refractivity contribution < 1.29 is 33.1 Å². The number of hydrogen-bond donors (Lipinski definition) is 4. The third kappa shape index (κ3) is 7.06. The molecule has 3 unspecified atom stereocenters. The highest BCUT2D eigenvalue weighted by Gasteiger charge is 2.51. The van der Waals surface area contributed by atoms with E-state index in [1.165, 1.54) is 0 Å². The number of hydrogen-bond acceptors (Lipinski definition) is 6. The molecule has 40 heavy (non-hydrogen) atoms. The first-order chi connectivity index (χ1) is 19.0. The average Bonchev–Trinajstić information content (AvgIpc) is 3.27. The third-order valence-electron chi connectivity index (χ3n) is 6.99. The Kier molecular flexibility index (Phi) is 8.88. The van der Waals surface area contributed by atoms with E-state index in [0.29, 0.717) is 10.5 Å². The molecule has 1 fully saturated rings. The fraction of sp³-hybridized carbons (Fsp3) is 0.393. The molecule has 0 aliphatic carbocycles. The van der Waals surface area contributed by atoms with Crippen LogP contribution in [0.1, 0.15) is 36.0 Å². The molecule has 2 heterocycles. The van der Waals surface area contributed by atoms with Gasteiger partial charge in [0, 0.05) is 25.8 Å². The number of aliphatic hydroxyl groups excluding tert-OH is 1. The molecule has 0 saturated carbocycles. The quantitative estimate of drug-likeness (QED) is 0.368. The summed E-state index contributed by atoms with van der Waals surface area (Å²) in [6, 6.07) is 13.2. The minimum absolute atomic E-state index is 0.00141. The summed E-state index contributed by atoms with van der Waals surface area (Å²) >= 11 is 0. The highest BCUT2D eigenvalue weighted by molar-refractivity contribution is 6.39. The van der Waals surface area contributed by atoms with E-state index in [1.54, 1.807) is 42.5 Å². The molecule has 2 aromatic carbocycles. The number of nitrogens with one attached hydrogen (secondary N) is 3. The van der Waals surface area contributed by atoms with E-state index in [1.807, 2.05) is 19.1 Å². The summed E-state index contributed by atoms with van der Waals surface area (Å²) < 4.78 is 29.0. The van der Waals surface area contributed by atoms with Crippen LogP contribution in [0.4, 0.5) is 8.78 Å². The number of amides is 4. The number of rotatable bonds is 9. The molecule has 4 rings (SSSR count). The van der Waals surface area contributed by atoms with E-state index in [4.69, 9.17) is 0 Å². The predicted molar refractivity (Wildman–Crippen MR) is 141 cm³/mol. The number of benzene rings is 2. The van der Waals surface area contributed by atoms with Crippen molar-refractivity contribution in [1.29, 1.82) is 0 Å². The summed E-state index contributed by atoms with van der Waals surface area (Å²) in [7, 11) is 0. The van der Waals surface area contributed by atoms with Crippen LogP contribution in [0.2, 0.25) is 0 Å². The number of aryl methyl sites for hydroxylation is 1. The molecule has 2 aromatic rings. The predicted octanol–water partition coefficient (Wildman–Crippen LogP) is 1.20. The molecule has 0 radical (unpaired) electrons. The first-order valence-electron chi connectivity index (χ1n) is 12.9. The SMILES string of the molecule is Cc1ccccc1CNC(=O)C1CC(F)(F)CN1C(=O)C(O)C(Cc1ccccc1)NC(=O)C1=NNC(=O)CC1. The number of carbonyl (C=O) groups is 4. The number of likely N-dealkylation sites (tertiary alicyclic amines) is 1. The maximum Gasteiger partial charge on any atom is 0.267 e. The zero-order valence-corrected chi connectivity index (χ0v) is 21.9. The average molecular weight is 556 g/mol. The number of alkyl halides is 2. The summed E-state index contributed by atoms with van der Waals surface area (Å²) in [5.41, 5.74) is 4.58. The number of carbonyl (C=O) groups excluding carboxylic acids is 4. The van der Waals surface area contributed by atoms with Crippen LogP contribution in [0.5, 0.6) is 0 Å². The lowest BCUT2D eigenvalue weighted by atomic mass is 9.99. The summed E-state index contributed by atoms with van der Waals surface area (Å²) in [6.07, 6.45) is -2.74. The van der Waals surface area contributed by atoms with Gasteiger partial charge < -0.3 is 20.6 Å². The Balaban J connectivity index is 1.51. The monoisotopic (exact) mass is 555 g/mol. The summed E-state index contributed by atoms with van der Waals surface area (Å²) in [6.45, 7) is 0.894. The highest BCUT2D eigenvalue weighted by Crippen LogP contribution is 2.33. The fourth-order valence-electron chi connectivity index (χ4n) is 4.73. The van der Waals surface area contributed by atoms with Gasteiger partial charge in [0.05, 0.1) is 12.6 Å². The second-order valence-corrected chi connectivity index (χ2v) is 9.99. The zero-order valence-electron chi connectivity index (χ0n) is 21.9. The molecule has 212 valence electrons. The Morgan fingerprint density at radius 3 is 2.50 bits per heavy atom. The van der Waals surface area contributed by atoms with Gasteiger partial charge in [0.1, 0.15) is 11.8 Å². The van der Waals surface area contributed by atoms with Crippen LogP contribution < -0.4 is 16.1 Å². The molecule has 12 heteroatoms. The van der Waals surface area contributed by atoms with Gasteiger partial charge in [-0.3, -0.25) is 19.2 Å². The van der Waals surface area contributed by atoms with Gasteiger partial charge in [-0.05, 0) is 30.0 Å². The largest absolute Gasteiger partial charge is 0.381 e. The first kappa shape index (κ1) is 28.8. The van der Waals surface area contributed by atoms with Gasteiger partial charge in [-0.1, -0.05) is 54.6 Å². The minimum atomic E-state index is -3.34. The zero-order chi connectivity index (χ0) is 28.9. The summed E-state index contributed by atoms with van der Waals surface area (Å²) in [5.74, 6) is -6.28. The van der Waals surface area contributed by atoms with Crippen LogP contribution in [0.15, 0.2) is 59.7 Å². The van der Waals surface area contributed by atoms with E-state index >= 15 is 0 Å². The fourth-order valence-corrected chi connectivity index (χ4v) is 4.73.